The number of amides is 2. The van der Waals surface area contributed by atoms with Crippen molar-refractivity contribution in [1.29, 1.82) is 5.26 Å². The summed E-state index contributed by atoms with van der Waals surface area (Å²) in [6.07, 6.45) is 2.61. The van der Waals surface area contributed by atoms with Gasteiger partial charge in [0.2, 0.25) is 11.8 Å². The Morgan fingerprint density at radius 1 is 1.30 bits per heavy atom. The van der Waals surface area contributed by atoms with Crippen LogP contribution in [0.15, 0.2) is 24.3 Å². The third-order valence-corrected chi connectivity index (χ3v) is 5.79. The molecule has 33 heavy (non-hydrogen) atoms. The van der Waals surface area contributed by atoms with E-state index in [1.165, 1.54) is 16.8 Å². The molecule has 8 nitrogen and oxygen atoms in total. The van der Waals surface area contributed by atoms with Crippen LogP contribution in [0.4, 0.5) is 10.2 Å². The summed E-state index contributed by atoms with van der Waals surface area (Å²) >= 11 is 0. The molecule has 0 aliphatic carbocycles. The van der Waals surface area contributed by atoms with E-state index < -0.39 is 5.41 Å². The van der Waals surface area contributed by atoms with Gasteiger partial charge in [-0.25, -0.2) is 9.07 Å². The number of hydrogen-bond acceptors (Lipinski definition) is 5. The Bertz CT molecular complexity index is 1050. The number of anilines is 1. The van der Waals surface area contributed by atoms with Crippen molar-refractivity contribution >= 4 is 17.6 Å². The van der Waals surface area contributed by atoms with Gasteiger partial charge in [-0.15, -0.1) is 0 Å². The lowest BCUT2D eigenvalue weighted by molar-refractivity contribution is -0.142. The van der Waals surface area contributed by atoms with E-state index in [2.05, 4.69) is 16.5 Å². The maximum Gasteiger partial charge on any atom is 0.227 e. The number of aromatic nitrogens is 2. The minimum Gasteiger partial charge on any atom is -0.382 e. The first-order valence-electron chi connectivity index (χ1n) is 11.2. The van der Waals surface area contributed by atoms with Crippen molar-refractivity contribution in [3.05, 3.63) is 41.3 Å². The number of hydrogen-bond donors (Lipinski definition) is 2. The highest BCUT2D eigenvalue weighted by Crippen LogP contribution is 2.24. The number of carbonyl (C=O) groups excluding carboxylic acids is 2. The van der Waals surface area contributed by atoms with E-state index in [9.17, 15) is 19.2 Å². The molecule has 1 saturated heterocycles. The second kappa shape index (κ2) is 10.0. The number of nitriles is 1. The van der Waals surface area contributed by atoms with Crippen LogP contribution in [-0.2, 0) is 16.0 Å². The van der Waals surface area contributed by atoms with Crippen LogP contribution in [-0.4, -0.2) is 46.1 Å². The molecule has 2 amide bonds. The highest BCUT2D eigenvalue weighted by molar-refractivity contribution is 5.83. The van der Waals surface area contributed by atoms with Crippen LogP contribution in [0.25, 0.3) is 5.69 Å². The molecule has 1 aliphatic heterocycles. The maximum atomic E-state index is 13.2. The standard InChI is InChI=1S/C24H31FN6O2/c1-24(2,3)23(33)30-13-5-6-16(15-30)22(32)28-12-4-7-20-19(14-26)21(27)31(29-20)18-10-8-17(25)9-11-18/h8-11,16H,4-7,12-13,15,27H2,1-3H3,(H,28,32). The highest BCUT2D eigenvalue weighted by atomic mass is 19.1. The molecule has 2 aromatic rings. The zero-order valence-electron chi connectivity index (χ0n) is 19.4. The zero-order chi connectivity index (χ0) is 24.2. The van der Waals surface area contributed by atoms with E-state index in [1.54, 1.807) is 17.0 Å². The highest BCUT2D eigenvalue weighted by Gasteiger charge is 2.33. The van der Waals surface area contributed by atoms with Gasteiger partial charge in [0.15, 0.2) is 0 Å². The molecule has 1 aromatic heterocycles. The molecule has 1 aromatic carbocycles. The second-order valence-corrected chi connectivity index (χ2v) is 9.44. The van der Waals surface area contributed by atoms with Crippen molar-refractivity contribution in [3.63, 3.8) is 0 Å². The number of rotatable bonds is 6. The van der Waals surface area contributed by atoms with E-state index in [4.69, 9.17) is 5.73 Å². The van der Waals surface area contributed by atoms with Crippen LogP contribution in [0, 0.1) is 28.5 Å². The first kappa shape index (κ1) is 24.2. The van der Waals surface area contributed by atoms with Crippen molar-refractivity contribution in [2.45, 2.75) is 46.5 Å². The minimum absolute atomic E-state index is 0.0572. The van der Waals surface area contributed by atoms with Crippen molar-refractivity contribution in [1.82, 2.24) is 20.0 Å². The first-order valence-corrected chi connectivity index (χ1v) is 11.2. The molecule has 176 valence electrons. The third kappa shape index (κ3) is 5.69. The monoisotopic (exact) mass is 454 g/mol. The Hall–Kier alpha value is -3.41. The summed E-state index contributed by atoms with van der Waals surface area (Å²) in [5.74, 6) is -0.372. The molecule has 0 bridgehead atoms. The average molecular weight is 455 g/mol. The Morgan fingerprint density at radius 2 is 2.00 bits per heavy atom. The molecule has 1 fully saturated rings. The molecule has 1 atom stereocenters. The molecule has 3 N–H and O–H groups in total. The van der Waals surface area contributed by atoms with Crippen LogP contribution in [0.2, 0.25) is 0 Å². The van der Waals surface area contributed by atoms with Crippen molar-refractivity contribution in [2.75, 3.05) is 25.4 Å². The van der Waals surface area contributed by atoms with Crippen LogP contribution < -0.4 is 11.1 Å². The van der Waals surface area contributed by atoms with Crippen molar-refractivity contribution in [2.24, 2.45) is 11.3 Å². The lowest BCUT2D eigenvalue weighted by Crippen LogP contribution is -2.48. The van der Waals surface area contributed by atoms with Gasteiger partial charge in [-0.2, -0.15) is 10.4 Å². The number of nitrogens with one attached hydrogen (secondary N) is 1. The van der Waals surface area contributed by atoms with E-state index in [-0.39, 0.29) is 34.9 Å². The van der Waals surface area contributed by atoms with Gasteiger partial charge in [-0.05, 0) is 49.9 Å². The summed E-state index contributed by atoms with van der Waals surface area (Å²) < 4.78 is 14.6. The summed E-state index contributed by atoms with van der Waals surface area (Å²) in [6, 6.07) is 7.78. The molecular formula is C24H31FN6O2. The molecule has 0 spiro atoms. The summed E-state index contributed by atoms with van der Waals surface area (Å²) in [7, 11) is 0. The average Bonchev–Trinajstić information content (AvgIpc) is 3.11. The lowest BCUT2D eigenvalue weighted by atomic mass is 9.91. The van der Waals surface area contributed by atoms with Crippen molar-refractivity contribution < 1.29 is 14.0 Å². The number of halogens is 1. The fraction of sp³-hybridized carbons (Fsp3) is 0.500. The topological polar surface area (TPSA) is 117 Å². The predicted molar refractivity (Wildman–Crippen MR) is 123 cm³/mol. The van der Waals surface area contributed by atoms with E-state index >= 15 is 0 Å². The summed E-state index contributed by atoms with van der Waals surface area (Å²) in [4.78, 5) is 27.0. The molecule has 0 saturated carbocycles. The van der Waals surface area contributed by atoms with E-state index in [1.807, 2.05) is 20.8 Å². The number of piperidine rings is 1. The Kier molecular flexibility index (Phi) is 7.36. The van der Waals surface area contributed by atoms with E-state index in [0.717, 1.165) is 12.8 Å². The van der Waals surface area contributed by atoms with Gasteiger partial charge in [0.25, 0.3) is 0 Å². The number of nitrogens with two attached hydrogens (primary N) is 1. The largest absolute Gasteiger partial charge is 0.382 e. The fourth-order valence-corrected chi connectivity index (χ4v) is 4.02. The van der Waals surface area contributed by atoms with E-state index in [0.29, 0.717) is 43.9 Å². The van der Waals surface area contributed by atoms with Crippen LogP contribution >= 0.6 is 0 Å². The third-order valence-electron chi connectivity index (χ3n) is 5.79. The first-order chi connectivity index (χ1) is 15.6. The summed E-state index contributed by atoms with van der Waals surface area (Å²) in [5, 5.41) is 16.9. The smallest absolute Gasteiger partial charge is 0.227 e. The summed E-state index contributed by atoms with van der Waals surface area (Å²) in [6.45, 7) is 7.22. The van der Waals surface area contributed by atoms with Gasteiger partial charge in [0.1, 0.15) is 23.3 Å². The maximum absolute atomic E-state index is 13.2. The number of likely N-dealkylation sites (tertiary alicyclic amines) is 1. The number of benzene rings is 1. The quantitative estimate of drug-likeness (QED) is 0.651. The van der Waals surface area contributed by atoms with Crippen LogP contribution in [0.3, 0.4) is 0 Å². The van der Waals surface area contributed by atoms with Crippen molar-refractivity contribution in [3.8, 4) is 11.8 Å². The molecule has 9 heteroatoms. The number of aryl methyl sites for hydroxylation is 1. The Labute approximate surface area is 193 Å². The van der Waals surface area contributed by atoms with Crippen LogP contribution in [0.1, 0.15) is 51.3 Å². The molecule has 2 heterocycles. The fourth-order valence-electron chi connectivity index (χ4n) is 4.02. The number of nitrogen functional groups attached to an aromatic ring is 1. The molecular weight excluding hydrogens is 423 g/mol. The van der Waals surface area contributed by atoms with Gasteiger partial charge in [-0.1, -0.05) is 20.8 Å². The summed E-state index contributed by atoms with van der Waals surface area (Å²) in [5.41, 5.74) is 7.01. The number of carbonyl (C=O) groups is 2. The second-order valence-electron chi connectivity index (χ2n) is 9.44. The zero-order valence-corrected chi connectivity index (χ0v) is 19.4. The molecule has 1 aliphatic rings. The van der Waals surface area contributed by atoms with Gasteiger partial charge < -0.3 is 16.0 Å². The minimum atomic E-state index is -0.462. The molecule has 1 unspecified atom stereocenters. The Morgan fingerprint density at radius 3 is 2.64 bits per heavy atom. The van der Waals surface area contributed by atoms with Gasteiger partial charge in [0, 0.05) is 25.0 Å². The lowest BCUT2D eigenvalue weighted by Gasteiger charge is -2.35. The normalized spacial score (nSPS) is 16.3. The number of nitrogens with zero attached hydrogens (tertiary/aromatic N) is 4. The van der Waals surface area contributed by atoms with Gasteiger partial charge in [-0.3, -0.25) is 9.59 Å². The SMILES string of the molecule is CC(C)(C)C(=O)N1CCCC(C(=O)NCCCc2nn(-c3ccc(F)cc3)c(N)c2C#N)C1. The van der Waals surface area contributed by atoms with Gasteiger partial charge in [0.05, 0.1) is 17.3 Å². The van der Waals surface area contributed by atoms with Gasteiger partial charge >= 0.3 is 0 Å². The Balaban J connectivity index is 1.55. The molecule has 3 rings (SSSR count). The van der Waals surface area contributed by atoms with Crippen LogP contribution in [0.5, 0.6) is 0 Å². The predicted octanol–water partition coefficient (Wildman–Crippen LogP) is 2.80. The molecule has 0 radical (unpaired) electrons.